The van der Waals surface area contributed by atoms with Crippen LogP contribution in [0.1, 0.15) is 45.7 Å². The monoisotopic (exact) mass is 235 g/mol. The zero-order chi connectivity index (χ0) is 12.9. The van der Waals surface area contributed by atoms with E-state index < -0.39 is 0 Å². The molecule has 1 rings (SSSR count). The highest BCUT2D eigenvalue weighted by Crippen LogP contribution is 2.20. The van der Waals surface area contributed by atoms with Gasteiger partial charge in [-0.15, -0.1) is 0 Å². The van der Waals surface area contributed by atoms with E-state index >= 15 is 0 Å². The van der Waals surface area contributed by atoms with E-state index in [2.05, 4.69) is 45.1 Å². The molecule has 0 amide bonds. The predicted octanol–water partition coefficient (Wildman–Crippen LogP) is 3.78. The molecule has 1 aromatic carbocycles. The third-order valence-corrected chi connectivity index (χ3v) is 2.94. The first-order valence-electron chi connectivity index (χ1n) is 6.30. The van der Waals surface area contributed by atoms with Gasteiger partial charge >= 0.3 is 0 Å². The first-order chi connectivity index (χ1) is 7.92. The zero-order valence-electron chi connectivity index (χ0n) is 11.7. The van der Waals surface area contributed by atoms with Crippen LogP contribution >= 0.6 is 0 Å². The number of hydrogen-bond donors (Lipinski definition) is 1. The molecule has 0 radical (unpaired) electrons. The van der Waals surface area contributed by atoms with Crippen molar-refractivity contribution in [1.29, 1.82) is 0 Å². The maximum Gasteiger partial charge on any atom is 0.118 e. The minimum absolute atomic E-state index is 0.392. The lowest BCUT2D eigenvalue weighted by Crippen LogP contribution is -2.23. The number of nitrogens with one attached hydrogen (secondary N) is 1. The summed E-state index contributed by atoms with van der Waals surface area (Å²) in [6.07, 6.45) is 1.19. The van der Waals surface area contributed by atoms with Crippen LogP contribution in [0.25, 0.3) is 0 Å². The van der Waals surface area contributed by atoms with Gasteiger partial charge in [0.05, 0.1) is 7.11 Å². The van der Waals surface area contributed by atoms with E-state index in [-0.39, 0.29) is 0 Å². The Hall–Kier alpha value is -1.02. The maximum atomic E-state index is 5.15. The van der Waals surface area contributed by atoms with E-state index in [0.717, 1.165) is 12.3 Å². The standard InChI is InChI=1S/C15H25NO/c1-12(16-11-10-15(2,3)4)13-6-8-14(17-5)9-7-13/h6-9,12,16H,10-11H2,1-5H3. The molecular weight excluding hydrogens is 210 g/mol. The Morgan fingerprint density at radius 2 is 1.76 bits per heavy atom. The molecule has 2 nitrogen and oxygen atoms in total. The fraction of sp³-hybridized carbons (Fsp3) is 0.600. The average molecular weight is 235 g/mol. The molecule has 0 aliphatic rings. The van der Waals surface area contributed by atoms with Gasteiger partial charge in [-0.05, 0) is 43.0 Å². The molecule has 2 heteroatoms. The number of methoxy groups -OCH3 is 1. The maximum absolute atomic E-state index is 5.15. The van der Waals surface area contributed by atoms with Crippen LogP contribution in [0.4, 0.5) is 0 Å². The largest absolute Gasteiger partial charge is 0.497 e. The smallest absolute Gasteiger partial charge is 0.118 e. The lowest BCUT2D eigenvalue weighted by Gasteiger charge is -2.21. The van der Waals surface area contributed by atoms with Gasteiger partial charge in [-0.25, -0.2) is 0 Å². The third-order valence-electron chi connectivity index (χ3n) is 2.94. The molecule has 0 saturated carbocycles. The fourth-order valence-corrected chi connectivity index (χ4v) is 1.67. The van der Waals surface area contributed by atoms with Crippen molar-refractivity contribution in [2.75, 3.05) is 13.7 Å². The summed E-state index contributed by atoms with van der Waals surface area (Å²) in [6, 6.07) is 8.65. The molecule has 0 aliphatic heterocycles. The summed E-state index contributed by atoms with van der Waals surface area (Å²) in [4.78, 5) is 0. The van der Waals surface area contributed by atoms with Crippen molar-refractivity contribution in [3.63, 3.8) is 0 Å². The van der Waals surface area contributed by atoms with E-state index in [4.69, 9.17) is 4.74 Å². The lowest BCUT2D eigenvalue weighted by molar-refractivity contribution is 0.358. The first kappa shape index (κ1) is 14.0. The van der Waals surface area contributed by atoms with Gasteiger partial charge in [0, 0.05) is 6.04 Å². The van der Waals surface area contributed by atoms with Crippen LogP contribution in [0.3, 0.4) is 0 Å². The third kappa shape index (κ3) is 5.22. The predicted molar refractivity (Wildman–Crippen MR) is 73.5 cm³/mol. The zero-order valence-corrected chi connectivity index (χ0v) is 11.7. The van der Waals surface area contributed by atoms with Gasteiger partial charge in [-0.3, -0.25) is 0 Å². The Balaban J connectivity index is 2.43. The normalized spacial score (nSPS) is 13.5. The van der Waals surface area contributed by atoms with Crippen LogP contribution in [0.2, 0.25) is 0 Å². The Morgan fingerprint density at radius 1 is 1.18 bits per heavy atom. The van der Waals surface area contributed by atoms with Gasteiger partial charge in [-0.2, -0.15) is 0 Å². The quantitative estimate of drug-likeness (QED) is 0.838. The molecule has 0 fully saturated rings. The minimum atomic E-state index is 0.392. The summed E-state index contributed by atoms with van der Waals surface area (Å²) < 4.78 is 5.15. The second-order valence-electron chi connectivity index (χ2n) is 5.76. The molecule has 0 bridgehead atoms. The van der Waals surface area contributed by atoms with Crippen LogP contribution in [0.5, 0.6) is 5.75 Å². The summed E-state index contributed by atoms with van der Waals surface area (Å²) in [5.74, 6) is 0.913. The van der Waals surface area contributed by atoms with Gasteiger partial charge in [0.15, 0.2) is 0 Å². The highest BCUT2D eigenvalue weighted by Gasteiger charge is 2.11. The van der Waals surface area contributed by atoms with Gasteiger partial charge in [-0.1, -0.05) is 32.9 Å². The van der Waals surface area contributed by atoms with Crippen molar-refractivity contribution in [3.05, 3.63) is 29.8 Å². The second-order valence-corrected chi connectivity index (χ2v) is 5.76. The topological polar surface area (TPSA) is 21.3 Å². The number of benzene rings is 1. The molecule has 0 saturated heterocycles. The molecule has 1 aromatic rings. The van der Waals surface area contributed by atoms with Crippen molar-refractivity contribution < 1.29 is 4.74 Å². The van der Waals surface area contributed by atoms with E-state index in [1.165, 1.54) is 12.0 Å². The summed E-state index contributed by atoms with van der Waals surface area (Å²) >= 11 is 0. The molecule has 17 heavy (non-hydrogen) atoms. The van der Waals surface area contributed by atoms with E-state index in [0.29, 0.717) is 11.5 Å². The number of rotatable bonds is 5. The molecular formula is C15H25NO. The van der Waals surface area contributed by atoms with Gasteiger partial charge < -0.3 is 10.1 Å². The van der Waals surface area contributed by atoms with E-state index in [9.17, 15) is 0 Å². The Morgan fingerprint density at radius 3 is 2.24 bits per heavy atom. The molecule has 1 atom stereocenters. The Bertz CT molecular complexity index is 324. The lowest BCUT2D eigenvalue weighted by atomic mass is 9.92. The number of hydrogen-bond acceptors (Lipinski definition) is 2. The first-order valence-corrected chi connectivity index (χ1v) is 6.30. The Kier molecular flexibility index (Phi) is 5.01. The summed E-state index contributed by atoms with van der Waals surface area (Å²) in [5.41, 5.74) is 1.70. The van der Waals surface area contributed by atoms with Crippen molar-refractivity contribution >= 4 is 0 Å². The number of ether oxygens (including phenoxy) is 1. The van der Waals surface area contributed by atoms with Gasteiger partial charge in [0.1, 0.15) is 5.75 Å². The summed E-state index contributed by atoms with van der Waals surface area (Å²) in [5, 5.41) is 3.55. The van der Waals surface area contributed by atoms with Crippen LogP contribution in [0.15, 0.2) is 24.3 Å². The molecule has 96 valence electrons. The SMILES string of the molecule is COc1ccc(C(C)NCCC(C)(C)C)cc1. The van der Waals surface area contributed by atoms with Crippen molar-refractivity contribution in [2.45, 2.75) is 40.2 Å². The second kappa shape index (κ2) is 6.06. The van der Waals surface area contributed by atoms with Gasteiger partial charge in [0.25, 0.3) is 0 Å². The average Bonchev–Trinajstić information content (AvgIpc) is 2.27. The van der Waals surface area contributed by atoms with Crippen LogP contribution in [0, 0.1) is 5.41 Å². The summed E-state index contributed by atoms with van der Waals surface area (Å²) in [6.45, 7) is 10.1. The van der Waals surface area contributed by atoms with Crippen LogP contribution in [-0.2, 0) is 0 Å². The highest BCUT2D eigenvalue weighted by molar-refractivity contribution is 5.28. The molecule has 0 spiro atoms. The summed E-state index contributed by atoms with van der Waals surface area (Å²) in [7, 11) is 1.69. The van der Waals surface area contributed by atoms with Crippen molar-refractivity contribution in [1.82, 2.24) is 5.32 Å². The van der Waals surface area contributed by atoms with Crippen molar-refractivity contribution in [2.24, 2.45) is 5.41 Å². The van der Waals surface area contributed by atoms with Crippen molar-refractivity contribution in [3.8, 4) is 5.75 Å². The molecule has 0 heterocycles. The molecule has 0 aliphatic carbocycles. The van der Waals surface area contributed by atoms with Crippen LogP contribution in [-0.4, -0.2) is 13.7 Å². The van der Waals surface area contributed by atoms with E-state index in [1.54, 1.807) is 7.11 Å². The van der Waals surface area contributed by atoms with Gasteiger partial charge in [0.2, 0.25) is 0 Å². The molecule has 0 aromatic heterocycles. The molecule has 1 N–H and O–H groups in total. The Labute approximate surface area is 105 Å². The highest BCUT2D eigenvalue weighted by atomic mass is 16.5. The molecule has 1 unspecified atom stereocenters. The van der Waals surface area contributed by atoms with Crippen LogP contribution < -0.4 is 10.1 Å². The fourth-order valence-electron chi connectivity index (χ4n) is 1.67. The minimum Gasteiger partial charge on any atom is -0.497 e. The van der Waals surface area contributed by atoms with E-state index in [1.807, 2.05) is 12.1 Å².